The van der Waals surface area contributed by atoms with Crippen molar-refractivity contribution in [3.8, 4) is 0 Å². The van der Waals surface area contributed by atoms with Crippen LogP contribution in [0.1, 0.15) is 31.2 Å². The summed E-state index contributed by atoms with van der Waals surface area (Å²) >= 11 is 6.88. The molecule has 4 nitrogen and oxygen atoms in total. The molecule has 4 aromatic rings. The van der Waals surface area contributed by atoms with Crippen molar-refractivity contribution in [3.63, 3.8) is 0 Å². The van der Waals surface area contributed by atoms with Crippen molar-refractivity contribution in [1.82, 2.24) is 4.90 Å². The standard InChI is InChI=1S/C30H25FN2O2S2/c31-22-13-15-23(16-14-22)32-28(34)12-2-1-7-17-33-29(35)27(37-30(33)36)19-26-24-10-5-3-8-20(24)18-21-9-4-6-11-25(21)26/h3-6,8-11,13-16,18-19H,1-2,7,12,17H2,(H,32,34)/b27-19-. The zero-order valence-electron chi connectivity index (χ0n) is 20.1. The molecule has 1 heterocycles. The van der Waals surface area contributed by atoms with Crippen molar-refractivity contribution >= 4 is 73.4 Å². The van der Waals surface area contributed by atoms with E-state index < -0.39 is 0 Å². The van der Waals surface area contributed by atoms with E-state index in [0.29, 0.717) is 34.3 Å². The Morgan fingerprint density at radius 2 is 1.57 bits per heavy atom. The molecule has 5 rings (SSSR count). The van der Waals surface area contributed by atoms with Gasteiger partial charge in [-0.05, 0) is 76.4 Å². The van der Waals surface area contributed by atoms with Gasteiger partial charge in [-0.25, -0.2) is 4.39 Å². The molecule has 0 saturated carbocycles. The number of hydrogen-bond acceptors (Lipinski definition) is 4. The normalized spacial score (nSPS) is 14.7. The van der Waals surface area contributed by atoms with Gasteiger partial charge in [-0.1, -0.05) is 78.9 Å². The summed E-state index contributed by atoms with van der Waals surface area (Å²) in [6, 6.07) is 24.3. The van der Waals surface area contributed by atoms with E-state index in [1.54, 1.807) is 4.90 Å². The number of thiocarbonyl (C=S) groups is 1. The Labute approximate surface area is 224 Å². The first-order valence-corrected chi connectivity index (χ1v) is 13.4. The summed E-state index contributed by atoms with van der Waals surface area (Å²) in [6.07, 6.45) is 4.58. The van der Waals surface area contributed by atoms with Gasteiger partial charge in [-0.15, -0.1) is 0 Å². The van der Waals surface area contributed by atoms with Crippen LogP contribution in [0.25, 0.3) is 27.6 Å². The zero-order chi connectivity index (χ0) is 25.8. The number of rotatable bonds is 8. The lowest BCUT2D eigenvalue weighted by molar-refractivity contribution is -0.122. The first-order valence-electron chi connectivity index (χ1n) is 12.2. The summed E-state index contributed by atoms with van der Waals surface area (Å²) in [6.45, 7) is 0.526. The molecular weight excluding hydrogens is 503 g/mol. The van der Waals surface area contributed by atoms with E-state index in [1.165, 1.54) is 36.0 Å². The van der Waals surface area contributed by atoms with E-state index in [9.17, 15) is 14.0 Å². The van der Waals surface area contributed by atoms with Crippen LogP contribution in [0, 0.1) is 5.82 Å². The molecule has 4 aromatic carbocycles. The molecule has 0 aromatic heterocycles. The lowest BCUT2D eigenvalue weighted by Crippen LogP contribution is -2.29. The highest BCUT2D eigenvalue weighted by molar-refractivity contribution is 8.26. The van der Waals surface area contributed by atoms with Gasteiger partial charge in [0.15, 0.2) is 0 Å². The summed E-state index contributed by atoms with van der Waals surface area (Å²) in [5, 5.41) is 7.23. The maximum absolute atomic E-state index is 13.3. The Hall–Kier alpha value is -3.55. The molecule has 1 N–H and O–H groups in total. The maximum atomic E-state index is 13.3. The first-order chi connectivity index (χ1) is 18.0. The Morgan fingerprint density at radius 3 is 2.24 bits per heavy atom. The predicted octanol–water partition coefficient (Wildman–Crippen LogP) is 7.53. The minimum Gasteiger partial charge on any atom is -0.326 e. The van der Waals surface area contributed by atoms with E-state index in [-0.39, 0.29) is 17.6 Å². The van der Waals surface area contributed by atoms with Crippen LogP contribution in [0.15, 0.2) is 83.8 Å². The number of nitrogens with zero attached hydrogens (tertiary/aromatic N) is 1. The molecule has 0 aliphatic carbocycles. The van der Waals surface area contributed by atoms with Crippen molar-refractivity contribution in [1.29, 1.82) is 0 Å². The number of benzene rings is 4. The second-order valence-corrected chi connectivity index (χ2v) is 10.6. The minimum atomic E-state index is -0.339. The van der Waals surface area contributed by atoms with E-state index in [0.717, 1.165) is 39.9 Å². The second kappa shape index (κ2) is 11.2. The zero-order valence-corrected chi connectivity index (χ0v) is 21.7. The van der Waals surface area contributed by atoms with Gasteiger partial charge in [-0.3, -0.25) is 14.5 Å². The highest BCUT2D eigenvalue weighted by Gasteiger charge is 2.31. The number of nitrogens with one attached hydrogen (secondary N) is 1. The molecule has 0 spiro atoms. The summed E-state index contributed by atoms with van der Waals surface area (Å²) in [5.74, 6) is -0.516. The number of carbonyl (C=O) groups excluding carboxylic acids is 2. The lowest BCUT2D eigenvalue weighted by atomic mass is 9.96. The monoisotopic (exact) mass is 528 g/mol. The fourth-order valence-corrected chi connectivity index (χ4v) is 5.81. The quantitative estimate of drug-likeness (QED) is 0.111. The number of halogens is 1. The van der Waals surface area contributed by atoms with Gasteiger partial charge < -0.3 is 5.32 Å². The van der Waals surface area contributed by atoms with Gasteiger partial charge in [0.1, 0.15) is 10.1 Å². The molecule has 1 aliphatic heterocycles. The topological polar surface area (TPSA) is 49.4 Å². The Bertz CT molecular complexity index is 1480. The summed E-state index contributed by atoms with van der Waals surface area (Å²) < 4.78 is 13.6. The number of hydrogen-bond donors (Lipinski definition) is 1. The number of amides is 2. The van der Waals surface area contributed by atoms with Crippen molar-refractivity contribution in [3.05, 3.63) is 95.1 Å². The van der Waals surface area contributed by atoms with Crippen molar-refractivity contribution in [2.24, 2.45) is 0 Å². The molecule has 7 heteroatoms. The molecule has 0 bridgehead atoms. The number of carbonyl (C=O) groups is 2. The van der Waals surface area contributed by atoms with Gasteiger partial charge in [0.2, 0.25) is 5.91 Å². The van der Waals surface area contributed by atoms with Gasteiger partial charge in [0.25, 0.3) is 5.91 Å². The Kier molecular flexibility index (Phi) is 7.63. The molecule has 186 valence electrons. The van der Waals surface area contributed by atoms with Crippen molar-refractivity contribution < 1.29 is 14.0 Å². The fourth-order valence-electron chi connectivity index (χ4n) is 4.52. The number of fused-ring (bicyclic) bond motifs is 2. The van der Waals surface area contributed by atoms with Crippen LogP contribution in [0.4, 0.5) is 10.1 Å². The summed E-state index contributed by atoms with van der Waals surface area (Å²) in [5.41, 5.74) is 1.61. The highest BCUT2D eigenvalue weighted by Crippen LogP contribution is 2.36. The third kappa shape index (κ3) is 5.73. The van der Waals surface area contributed by atoms with Gasteiger partial charge in [0, 0.05) is 18.7 Å². The van der Waals surface area contributed by atoms with E-state index in [4.69, 9.17) is 12.2 Å². The molecule has 1 saturated heterocycles. The Morgan fingerprint density at radius 1 is 0.919 bits per heavy atom. The van der Waals surface area contributed by atoms with Gasteiger partial charge >= 0.3 is 0 Å². The molecule has 1 fully saturated rings. The third-order valence-corrected chi connectivity index (χ3v) is 7.75. The smallest absolute Gasteiger partial charge is 0.266 e. The van der Waals surface area contributed by atoms with Crippen LogP contribution < -0.4 is 5.32 Å². The van der Waals surface area contributed by atoms with Gasteiger partial charge in [0.05, 0.1) is 4.91 Å². The molecule has 37 heavy (non-hydrogen) atoms. The molecule has 0 unspecified atom stereocenters. The van der Waals surface area contributed by atoms with Crippen LogP contribution in [0.5, 0.6) is 0 Å². The van der Waals surface area contributed by atoms with E-state index in [2.05, 4.69) is 35.6 Å². The predicted molar refractivity (Wildman–Crippen MR) is 155 cm³/mol. The highest BCUT2D eigenvalue weighted by atomic mass is 32.2. The van der Waals surface area contributed by atoms with Gasteiger partial charge in [-0.2, -0.15) is 0 Å². The number of thioether (sulfide) groups is 1. The van der Waals surface area contributed by atoms with Crippen LogP contribution in [0.2, 0.25) is 0 Å². The lowest BCUT2D eigenvalue weighted by Gasteiger charge is -2.14. The fraction of sp³-hybridized carbons (Fsp3) is 0.167. The molecule has 2 amide bonds. The number of unbranched alkanes of at least 4 members (excludes halogenated alkanes) is 2. The van der Waals surface area contributed by atoms with Crippen molar-refractivity contribution in [2.45, 2.75) is 25.7 Å². The first kappa shape index (κ1) is 25.1. The molecular formula is C30H25FN2O2S2. The second-order valence-electron chi connectivity index (χ2n) is 8.93. The van der Waals surface area contributed by atoms with E-state index >= 15 is 0 Å². The third-order valence-electron chi connectivity index (χ3n) is 6.38. The van der Waals surface area contributed by atoms with Crippen LogP contribution in [-0.4, -0.2) is 27.6 Å². The van der Waals surface area contributed by atoms with Crippen molar-refractivity contribution in [2.75, 3.05) is 11.9 Å². The summed E-state index contributed by atoms with van der Waals surface area (Å²) in [4.78, 5) is 27.7. The summed E-state index contributed by atoms with van der Waals surface area (Å²) in [7, 11) is 0. The van der Waals surface area contributed by atoms with Crippen LogP contribution in [0.3, 0.4) is 0 Å². The minimum absolute atomic E-state index is 0.0685. The van der Waals surface area contributed by atoms with E-state index in [1.807, 2.05) is 30.3 Å². The largest absolute Gasteiger partial charge is 0.326 e. The van der Waals surface area contributed by atoms with Crippen LogP contribution >= 0.6 is 24.0 Å². The maximum Gasteiger partial charge on any atom is 0.266 e. The number of anilines is 1. The average Bonchev–Trinajstić information content (AvgIpc) is 3.17. The van der Waals surface area contributed by atoms with Crippen LogP contribution in [-0.2, 0) is 9.59 Å². The molecule has 0 atom stereocenters. The SMILES string of the molecule is O=C(CCCCCN1C(=O)/C(=C/c2c3ccccc3cc3ccccc23)SC1=S)Nc1ccc(F)cc1. The average molecular weight is 529 g/mol. The molecule has 0 radical (unpaired) electrons. The Balaban J connectivity index is 1.21. The molecule has 1 aliphatic rings.